The van der Waals surface area contributed by atoms with E-state index in [1.54, 1.807) is 24.3 Å². The standard InChI is InChI=1S/C26H38O2/c27-25-19-15-23(16-20-25)13-11-9-7-5-3-1-2-4-6-8-10-12-14-24-17-21-26(28)22-18-24/h15-22,27-28H,1-14H2. The second-order valence-electron chi connectivity index (χ2n) is 8.08. The van der Waals surface area contributed by atoms with Crippen LogP contribution in [0.5, 0.6) is 11.5 Å². The van der Waals surface area contributed by atoms with Crippen molar-refractivity contribution in [2.75, 3.05) is 0 Å². The zero-order valence-electron chi connectivity index (χ0n) is 17.4. The smallest absolute Gasteiger partial charge is 0.115 e. The van der Waals surface area contributed by atoms with Gasteiger partial charge in [-0.1, -0.05) is 88.5 Å². The summed E-state index contributed by atoms with van der Waals surface area (Å²) in [7, 11) is 0. The molecular weight excluding hydrogens is 344 g/mol. The Bertz CT molecular complexity index is 558. The summed E-state index contributed by atoms with van der Waals surface area (Å²) in [5.74, 6) is 0.718. The molecule has 2 heteroatoms. The lowest BCUT2D eigenvalue weighted by Crippen LogP contribution is -1.87. The topological polar surface area (TPSA) is 40.5 Å². The molecule has 0 heterocycles. The number of aryl methyl sites for hydroxylation is 2. The summed E-state index contributed by atoms with van der Waals surface area (Å²) in [5, 5.41) is 18.6. The van der Waals surface area contributed by atoms with E-state index in [0.29, 0.717) is 11.5 Å². The average Bonchev–Trinajstić information content (AvgIpc) is 2.71. The lowest BCUT2D eigenvalue weighted by molar-refractivity contribution is 0.474. The molecule has 154 valence electrons. The second-order valence-corrected chi connectivity index (χ2v) is 8.08. The fraction of sp³-hybridized carbons (Fsp3) is 0.538. The van der Waals surface area contributed by atoms with Gasteiger partial charge in [-0.25, -0.2) is 0 Å². The van der Waals surface area contributed by atoms with Crippen LogP contribution in [-0.4, -0.2) is 10.2 Å². The normalized spacial score (nSPS) is 11.0. The van der Waals surface area contributed by atoms with Gasteiger partial charge in [0.1, 0.15) is 11.5 Å². The molecule has 0 saturated heterocycles. The third kappa shape index (κ3) is 10.4. The van der Waals surface area contributed by atoms with Crippen LogP contribution >= 0.6 is 0 Å². The molecule has 28 heavy (non-hydrogen) atoms. The number of phenolic OH excluding ortho intramolecular Hbond substituents is 2. The number of benzene rings is 2. The predicted molar refractivity (Wildman–Crippen MR) is 119 cm³/mol. The Morgan fingerprint density at radius 2 is 0.607 bits per heavy atom. The highest BCUT2D eigenvalue weighted by Gasteiger charge is 1.97. The second kappa shape index (κ2) is 14.1. The van der Waals surface area contributed by atoms with Crippen molar-refractivity contribution in [3.05, 3.63) is 59.7 Å². The average molecular weight is 383 g/mol. The molecule has 0 saturated carbocycles. The summed E-state index contributed by atoms with van der Waals surface area (Å²) in [6.07, 6.45) is 18.5. The summed E-state index contributed by atoms with van der Waals surface area (Å²) in [6, 6.07) is 15.3. The first-order valence-corrected chi connectivity index (χ1v) is 11.3. The molecular formula is C26H38O2. The Morgan fingerprint density at radius 3 is 0.893 bits per heavy atom. The lowest BCUT2D eigenvalue weighted by Gasteiger charge is -2.04. The van der Waals surface area contributed by atoms with Gasteiger partial charge in [0, 0.05) is 0 Å². The fourth-order valence-corrected chi connectivity index (χ4v) is 3.75. The van der Waals surface area contributed by atoms with Crippen LogP contribution in [0.25, 0.3) is 0 Å². The van der Waals surface area contributed by atoms with Gasteiger partial charge >= 0.3 is 0 Å². The van der Waals surface area contributed by atoms with Gasteiger partial charge in [0.25, 0.3) is 0 Å². The molecule has 0 bridgehead atoms. The van der Waals surface area contributed by atoms with Gasteiger partial charge in [0.2, 0.25) is 0 Å². The van der Waals surface area contributed by atoms with Crippen molar-refractivity contribution >= 4 is 0 Å². The summed E-state index contributed by atoms with van der Waals surface area (Å²) in [6.45, 7) is 0. The monoisotopic (exact) mass is 382 g/mol. The minimum Gasteiger partial charge on any atom is -0.508 e. The number of phenols is 2. The van der Waals surface area contributed by atoms with E-state index in [1.807, 2.05) is 24.3 Å². The van der Waals surface area contributed by atoms with Gasteiger partial charge in [-0.05, 0) is 61.1 Å². The van der Waals surface area contributed by atoms with Crippen LogP contribution in [0.4, 0.5) is 0 Å². The molecule has 2 nitrogen and oxygen atoms in total. The van der Waals surface area contributed by atoms with Crippen molar-refractivity contribution in [2.24, 2.45) is 0 Å². The first-order valence-electron chi connectivity index (χ1n) is 11.3. The van der Waals surface area contributed by atoms with Crippen molar-refractivity contribution in [2.45, 2.75) is 89.9 Å². The molecule has 2 N–H and O–H groups in total. The zero-order valence-corrected chi connectivity index (χ0v) is 17.4. The molecule has 0 amide bonds. The Labute approximate surface area is 171 Å². The summed E-state index contributed by atoms with van der Waals surface area (Å²) < 4.78 is 0. The molecule has 0 aromatic heterocycles. The van der Waals surface area contributed by atoms with Crippen LogP contribution in [-0.2, 0) is 12.8 Å². The molecule has 0 aliphatic heterocycles. The van der Waals surface area contributed by atoms with Crippen LogP contribution in [0.1, 0.15) is 88.2 Å². The fourth-order valence-electron chi connectivity index (χ4n) is 3.75. The largest absolute Gasteiger partial charge is 0.508 e. The Balaban J connectivity index is 1.30. The molecule has 0 radical (unpaired) electrons. The minimum atomic E-state index is 0.359. The number of rotatable bonds is 15. The first kappa shape index (κ1) is 22.3. The van der Waals surface area contributed by atoms with Crippen molar-refractivity contribution < 1.29 is 10.2 Å². The van der Waals surface area contributed by atoms with Gasteiger partial charge in [0.05, 0.1) is 0 Å². The number of unbranched alkanes of at least 4 members (excludes halogenated alkanes) is 11. The quantitative estimate of drug-likeness (QED) is 0.312. The van der Waals surface area contributed by atoms with Crippen molar-refractivity contribution in [3.63, 3.8) is 0 Å². The number of aromatic hydroxyl groups is 2. The van der Waals surface area contributed by atoms with E-state index in [9.17, 15) is 10.2 Å². The van der Waals surface area contributed by atoms with E-state index in [4.69, 9.17) is 0 Å². The van der Waals surface area contributed by atoms with E-state index >= 15 is 0 Å². The molecule has 0 aliphatic rings. The third-order valence-electron chi connectivity index (χ3n) is 5.55. The van der Waals surface area contributed by atoms with Gasteiger partial charge in [0.15, 0.2) is 0 Å². The van der Waals surface area contributed by atoms with Crippen LogP contribution in [0.3, 0.4) is 0 Å². The van der Waals surface area contributed by atoms with Crippen LogP contribution < -0.4 is 0 Å². The number of hydrogen-bond acceptors (Lipinski definition) is 2. The van der Waals surface area contributed by atoms with E-state index in [2.05, 4.69) is 0 Å². The molecule has 0 unspecified atom stereocenters. The summed E-state index contributed by atoms with van der Waals surface area (Å²) >= 11 is 0. The Hall–Kier alpha value is -1.96. The lowest BCUT2D eigenvalue weighted by atomic mass is 10.0. The third-order valence-corrected chi connectivity index (χ3v) is 5.55. The SMILES string of the molecule is Oc1ccc(CCCCCCCCCCCCCCc2ccc(O)cc2)cc1. The Morgan fingerprint density at radius 1 is 0.357 bits per heavy atom. The molecule has 2 aromatic carbocycles. The molecule has 0 spiro atoms. The van der Waals surface area contributed by atoms with Crippen molar-refractivity contribution in [1.82, 2.24) is 0 Å². The molecule has 0 aliphatic carbocycles. The summed E-state index contributed by atoms with van der Waals surface area (Å²) in [5.41, 5.74) is 2.67. The maximum Gasteiger partial charge on any atom is 0.115 e. The first-order chi connectivity index (χ1) is 13.7. The summed E-state index contributed by atoms with van der Waals surface area (Å²) in [4.78, 5) is 0. The van der Waals surface area contributed by atoms with E-state index < -0.39 is 0 Å². The van der Waals surface area contributed by atoms with Crippen LogP contribution in [0.2, 0.25) is 0 Å². The van der Waals surface area contributed by atoms with Crippen molar-refractivity contribution in [3.8, 4) is 11.5 Å². The number of hydrogen-bond donors (Lipinski definition) is 2. The van der Waals surface area contributed by atoms with Crippen LogP contribution in [0, 0.1) is 0 Å². The molecule has 2 aromatic rings. The highest BCUT2D eigenvalue weighted by Crippen LogP contribution is 2.16. The van der Waals surface area contributed by atoms with Gasteiger partial charge in [-0.15, -0.1) is 0 Å². The van der Waals surface area contributed by atoms with Gasteiger partial charge < -0.3 is 10.2 Å². The maximum absolute atomic E-state index is 9.28. The minimum absolute atomic E-state index is 0.359. The predicted octanol–water partition coefficient (Wildman–Crippen LogP) is 7.56. The Kier molecular flexibility index (Phi) is 11.2. The van der Waals surface area contributed by atoms with Gasteiger partial charge in [-0.2, -0.15) is 0 Å². The molecule has 0 fully saturated rings. The van der Waals surface area contributed by atoms with Crippen molar-refractivity contribution in [1.29, 1.82) is 0 Å². The maximum atomic E-state index is 9.28. The van der Waals surface area contributed by atoms with Crippen LogP contribution in [0.15, 0.2) is 48.5 Å². The molecule has 2 rings (SSSR count). The van der Waals surface area contributed by atoms with Gasteiger partial charge in [-0.3, -0.25) is 0 Å². The highest BCUT2D eigenvalue weighted by atomic mass is 16.3. The van der Waals surface area contributed by atoms with E-state index in [0.717, 1.165) is 12.8 Å². The highest BCUT2D eigenvalue weighted by molar-refractivity contribution is 5.26. The van der Waals surface area contributed by atoms with E-state index in [-0.39, 0.29) is 0 Å². The zero-order chi connectivity index (χ0) is 19.9. The molecule has 0 atom stereocenters. The van der Waals surface area contributed by atoms with E-state index in [1.165, 1.54) is 88.2 Å².